The highest BCUT2D eigenvalue weighted by molar-refractivity contribution is 7.00. The van der Waals surface area contributed by atoms with E-state index in [1.165, 1.54) is 11.7 Å². The minimum absolute atomic E-state index is 0.664. The number of ether oxygens (including phenoxy) is 1. The molecule has 1 heterocycles. The Morgan fingerprint density at radius 1 is 1.32 bits per heavy atom. The summed E-state index contributed by atoms with van der Waals surface area (Å²) >= 11 is 7.37. The van der Waals surface area contributed by atoms with Crippen molar-refractivity contribution in [2.75, 3.05) is 25.1 Å². The number of rotatable bonds is 7. The van der Waals surface area contributed by atoms with Crippen LogP contribution in [0.4, 0.5) is 5.69 Å². The molecule has 2 rings (SSSR count). The van der Waals surface area contributed by atoms with Gasteiger partial charge in [0.1, 0.15) is 11.0 Å². The first-order chi connectivity index (χ1) is 9.18. The summed E-state index contributed by atoms with van der Waals surface area (Å²) < 4.78 is 14.0. The highest BCUT2D eigenvalue weighted by atomic mass is 35.5. The zero-order chi connectivity index (χ0) is 13.7. The predicted octanol–water partition coefficient (Wildman–Crippen LogP) is 3.82. The fourth-order valence-electron chi connectivity index (χ4n) is 1.66. The molecule has 0 radical (unpaired) electrons. The van der Waals surface area contributed by atoms with Crippen molar-refractivity contribution in [2.24, 2.45) is 5.92 Å². The van der Waals surface area contributed by atoms with Crippen molar-refractivity contribution < 1.29 is 4.74 Å². The summed E-state index contributed by atoms with van der Waals surface area (Å²) in [4.78, 5) is 0. The number of halogens is 1. The van der Waals surface area contributed by atoms with Crippen LogP contribution in [0.3, 0.4) is 0 Å². The third-order valence-electron chi connectivity index (χ3n) is 2.76. The van der Waals surface area contributed by atoms with Gasteiger partial charge in [-0.1, -0.05) is 25.4 Å². The highest BCUT2D eigenvalue weighted by Gasteiger charge is 2.09. The Morgan fingerprint density at radius 2 is 2.16 bits per heavy atom. The third kappa shape index (κ3) is 4.03. The van der Waals surface area contributed by atoms with Crippen LogP contribution in [0.5, 0.6) is 0 Å². The highest BCUT2D eigenvalue weighted by Crippen LogP contribution is 2.29. The zero-order valence-electron chi connectivity index (χ0n) is 11.1. The first-order valence-corrected chi connectivity index (χ1v) is 7.51. The standard InChI is InChI=1S/C13H18ClN3OS/c1-9(2)5-7-18-8-6-15-12-10(14)3-4-11-13(12)17-19-16-11/h3-4,9,15H,5-8H2,1-2H3. The number of aromatic nitrogens is 2. The number of hydrogen-bond donors (Lipinski definition) is 1. The minimum atomic E-state index is 0.664. The van der Waals surface area contributed by atoms with Gasteiger partial charge in [0.05, 0.1) is 29.0 Å². The maximum Gasteiger partial charge on any atom is 0.129 e. The van der Waals surface area contributed by atoms with E-state index < -0.39 is 0 Å². The van der Waals surface area contributed by atoms with Crippen LogP contribution in [-0.2, 0) is 4.74 Å². The van der Waals surface area contributed by atoms with Crippen LogP contribution < -0.4 is 5.32 Å². The summed E-state index contributed by atoms with van der Waals surface area (Å²) in [6.07, 6.45) is 1.09. The fraction of sp³-hybridized carbons (Fsp3) is 0.538. The molecule has 0 aliphatic rings. The molecule has 0 saturated carbocycles. The maximum absolute atomic E-state index is 6.18. The average molecular weight is 300 g/mol. The lowest BCUT2D eigenvalue weighted by Crippen LogP contribution is -2.11. The lowest BCUT2D eigenvalue weighted by atomic mass is 10.1. The second-order valence-electron chi connectivity index (χ2n) is 4.78. The Balaban J connectivity index is 1.84. The van der Waals surface area contributed by atoms with E-state index in [0.29, 0.717) is 24.1 Å². The van der Waals surface area contributed by atoms with Crippen molar-refractivity contribution in [3.05, 3.63) is 17.2 Å². The second kappa shape index (κ2) is 7.03. The average Bonchev–Trinajstić information content (AvgIpc) is 2.83. The molecular formula is C13H18ClN3OS. The van der Waals surface area contributed by atoms with Gasteiger partial charge in [0.2, 0.25) is 0 Å². The van der Waals surface area contributed by atoms with Gasteiger partial charge in [-0.15, -0.1) is 0 Å². The van der Waals surface area contributed by atoms with Crippen LogP contribution in [0.1, 0.15) is 20.3 Å². The molecule has 0 saturated heterocycles. The summed E-state index contributed by atoms with van der Waals surface area (Å²) in [6, 6.07) is 3.72. The van der Waals surface area contributed by atoms with E-state index in [1.54, 1.807) is 0 Å². The Kier molecular flexibility index (Phi) is 5.36. The monoisotopic (exact) mass is 299 g/mol. The number of benzene rings is 1. The lowest BCUT2D eigenvalue weighted by Gasteiger charge is -2.10. The molecule has 4 nitrogen and oxygen atoms in total. The van der Waals surface area contributed by atoms with Crippen molar-refractivity contribution in [1.82, 2.24) is 8.75 Å². The zero-order valence-corrected chi connectivity index (χ0v) is 12.7. The van der Waals surface area contributed by atoms with Gasteiger partial charge >= 0.3 is 0 Å². The van der Waals surface area contributed by atoms with Crippen molar-refractivity contribution >= 4 is 40.0 Å². The fourth-order valence-corrected chi connectivity index (χ4v) is 2.43. The predicted molar refractivity (Wildman–Crippen MR) is 81.2 cm³/mol. The Bertz CT molecular complexity index is 530. The molecular weight excluding hydrogens is 282 g/mol. The molecule has 1 aromatic carbocycles. The summed E-state index contributed by atoms with van der Waals surface area (Å²) in [6.45, 7) is 6.57. The molecule has 0 spiro atoms. The van der Waals surface area contributed by atoms with Crippen LogP contribution in [0, 0.1) is 5.92 Å². The molecule has 6 heteroatoms. The van der Waals surface area contributed by atoms with Crippen LogP contribution in [-0.4, -0.2) is 28.5 Å². The summed E-state index contributed by atoms with van der Waals surface area (Å²) in [5, 5.41) is 3.95. The minimum Gasteiger partial charge on any atom is -0.380 e. The molecule has 0 amide bonds. The Morgan fingerprint density at radius 3 is 2.95 bits per heavy atom. The molecule has 0 fully saturated rings. The third-order valence-corrected chi connectivity index (χ3v) is 3.62. The number of hydrogen-bond acceptors (Lipinski definition) is 5. The number of nitrogens with zero attached hydrogens (tertiary/aromatic N) is 2. The Labute approximate surface area is 122 Å². The molecule has 0 atom stereocenters. The van der Waals surface area contributed by atoms with Gasteiger partial charge in [0.15, 0.2) is 0 Å². The van der Waals surface area contributed by atoms with Crippen LogP contribution >= 0.6 is 23.3 Å². The number of nitrogens with one attached hydrogen (secondary N) is 1. The van der Waals surface area contributed by atoms with Crippen molar-refractivity contribution in [3.63, 3.8) is 0 Å². The van der Waals surface area contributed by atoms with E-state index >= 15 is 0 Å². The van der Waals surface area contributed by atoms with E-state index in [2.05, 4.69) is 27.9 Å². The molecule has 19 heavy (non-hydrogen) atoms. The summed E-state index contributed by atoms with van der Waals surface area (Å²) in [5.74, 6) is 0.678. The van der Waals surface area contributed by atoms with Gasteiger partial charge in [-0.2, -0.15) is 8.75 Å². The molecule has 1 aromatic heterocycles. The molecule has 0 aliphatic heterocycles. The normalized spacial score (nSPS) is 11.4. The number of anilines is 1. The first kappa shape index (κ1) is 14.5. The first-order valence-electron chi connectivity index (χ1n) is 6.41. The van der Waals surface area contributed by atoms with Gasteiger partial charge < -0.3 is 10.1 Å². The molecule has 0 aliphatic carbocycles. The molecule has 1 N–H and O–H groups in total. The largest absolute Gasteiger partial charge is 0.380 e. The quantitative estimate of drug-likeness (QED) is 0.790. The van der Waals surface area contributed by atoms with Crippen LogP contribution in [0.15, 0.2) is 12.1 Å². The van der Waals surface area contributed by atoms with E-state index in [9.17, 15) is 0 Å². The van der Waals surface area contributed by atoms with Crippen molar-refractivity contribution in [2.45, 2.75) is 20.3 Å². The van der Waals surface area contributed by atoms with E-state index in [0.717, 1.165) is 29.7 Å². The SMILES string of the molecule is CC(C)CCOCCNc1c(Cl)ccc2nsnc12. The van der Waals surface area contributed by atoms with Crippen molar-refractivity contribution in [3.8, 4) is 0 Å². The van der Waals surface area contributed by atoms with Crippen LogP contribution in [0.25, 0.3) is 11.0 Å². The second-order valence-corrected chi connectivity index (χ2v) is 5.71. The van der Waals surface area contributed by atoms with E-state index in [-0.39, 0.29) is 0 Å². The molecule has 0 unspecified atom stereocenters. The maximum atomic E-state index is 6.18. The van der Waals surface area contributed by atoms with Gasteiger partial charge in [-0.3, -0.25) is 0 Å². The molecule has 2 aromatic rings. The van der Waals surface area contributed by atoms with E-state index in [1.807, 2.05) is 12.1 Å². The summed E-state index contributed by atoms with van der Waals surface area (Å²) in [7, 11) is 0. The van der Waals surface area contributed by atoms with Crippen molar-refractivity contribution in [1.29, 1.82) is 0 Å². The smallest absolute Gasteiger partial charge is 0.129 e. The lowest BCUT2D eigenvalue weighted by molar-refractivity contribution is 0.133. The topological polar surface area (TPSA) is 47.0 Å². The van der Waals surface area contributed by atoms with Gasteiger partial charge in [0.25, 0.3) is 0 Å². The number of fused-ring (bicyclic) bond motifs is 1. The van der Waals surface area contributed by atoms with Gasteiger partial charge in [0, 0.05) is 13.2 Å². The molecule has 104 valence electrons. The van der Waals surface area contributed by atoms with Gasteiger partial charge in [-0.25, -0.2) is 0 Å². The molecule has 0 bridgehead atoms. The summed E-state index contributed by atoms with van der Waals surface area (Å²) in [5.41, 5.74) is 2.55. The van der Waals surface area contributed by atoms with Gasteiger partial charge in [-0.05, 0) is 24.5 Å². The van der Waals surface area contributed by atoms with E-state index in [4.69, 9.17) is 16.3 Å². The Hall–Kier alpha value is -0.910. The van der Waals surface area contributed by atoms with Crippen LogP contribution in [0.2, 0.25) is 5.02 Å².